The molecule has 1 N–H and O–H groups in total. The van der Waals surface area contributed by atoms with Gasteiger partial charge in [-0.05, 0) is 36.2 Å². The summed E-state index contributed by atoms with van der Waals surface area (Å²) in [5.41, 5.74) is 2.63. The van der Waals surface area contributed by atoms with Crippen molar-refractivity contribution in [3.05, 3.63) is 59.7 Å². The van der Waals surface area contributed by atoms with Crippen LogP contribution in [0, 0.1) is 0 Å². The molecule has 1 unspecified atom stereocenters. The van der Waals surface area contributed by atoms with Gasteiger partial charge in [0.2, 0.25) is 11.8 Å². The van der Waals surface area contributed by atoms with Crippen molar-refractivity contribution in [1.29, 1.82) is 0 Å². The van der Waals surface area contributed by atoms with E-state index in [-0.39, 0.29) is 18.2 Å². The Bertz CT molecular complexity index is 771. The fraction of sp³-hybridized carbons (Fsp3) is 0.300. The summed E-state index contributed by atoms with van der Waals surface area (Å²) in [7, 11) is 1.77. The van der Waals surface area contributed by atoms with E-state index in [4.69, 9.17) is 4.74 Å². The second kappa shape index (κ2) is 7.38. The van der Waals surface area contributed by atoms with Crippen LogP contribution >= 0.6 is 0 Å². The van der Waals surface area contributed by atoms with Crippen molar-refractivity contribution in [3.8, 4) is 5.75 Å². The summed E-state index contributed by atoms with van der Waals surface area (Å²) in [5.74, 6) is 0.221. The molecule has 1 atom stereocenters. The number of fused-ring (bicyclic) bond motifs is 1. The maximum Gasteiger partial charge on any atom is 0.230 e. The van der Waals surface area contributed by atoms with Gasteiger partial charge in [0.1, 0.15) is 5.75 Å². The van der Waals surface area contributed by atoms with Crippen molar-refractivity contribution in [2.45, 2.75) is 25.8 Å². The molecule has 2 aromatic carbocycles. The number of rotatable bonds is 5. The third-order valence-electron chi connectivity index (χ3n) is 4.33. The first kappa shape index (κ1) is 17.0. The Morgan fingerprint density at radius 3 is 2.64 bits per heavy atom. The minimum absolute atomic E-state index is 0.0452. The predicted molar refractivity (Wildman–Crippen MR) is 96.5 cm³/mol. The van der Waals surface area contributed by atoms with Crippen LogP contribution in [0.1, 0.15) is 30.4 Å². The highest BCUT2D eigenvalue weighted by Crippen LogP contribution is 2.33. The number of para-hydroxylation sites is 1. The van der Waals surface area contributed by atoms with E-state index in [1.807, 2.05) is 55.5 Å². The monoisotopic (exact) mass is 338 g/mol. The molecular weight excluding hydrogens is 316 g/mol. The Morgan fingerprint density at radius 2 is 1.92 bits per heavy atom. The third-order valence-corrected chi connectivity index (χ3v) is 4.33. The molecule has 2 aromatic rings. The molecule has 0 saturated carbocycles. The Hall–Kier alpha value is -2.82. The highest BCUT2D eigenvalue weighted by molar-refractivity contribution is 6.01. The maximum absolute atomic E-state index is 12.9. The average Bonchev–Trinajstić information content (AvgIpc) is 2.62. The first-order chi connectivity index (χ1) is 12.1. The van der Waals surface area contributed by atoms with E-state index >= 15 is 0 Å². The fourth-order valence-corrected chi connectivity index (χ4v) is 3.11. The normalized spacial score (nSPS) is 15.9. The Labute approximate surface area is 147 Å². The number of carbonyl (C=O) groups excluding carboxylic acids is 2. The van der Waals surface area contributed by atoms with Crippen molar-refractivity contribution in [1.82, 2.24) is 4.90 Å². The number of anilines is 1. The predicted octanol–water partition coefficient (Wildman–Crippen LogP) is 3.17. The van der Waals surface area contributed by atoms with E-state index in [1.165, 1.54) is 0 Å². The largest absolute Gasteiger partial charge is 0.494 e. The van der Waals surface area contributed by atoms with E-state index < -0.39 is 5.92 Å². The second-order valence-corrected chi connectivity index (χ2v) is 6.16. The molecule has 2 amide bonds. The Balaban J connectivity index is 1.73. The van der Waals surface area contributed by atoms with Crippen LogP contribution in [0.4, 0.5) is 5.69 Å². The zero-order valence-corrected chi connectivity index (χ0v) is 14.5. The van der Waals surface area contributed by atoms with Crippen molar-refractivity contribution in [2.24, 2.45) is 0 Å². The van der Waals surface area contributed by atoms with Crippen molar-refractivity contribution >= 4 is 17.5 Å². The van der Waals surface area contributed by atoms with Gasteiger partial charge in [-0.3, -0.25) is 9.59 Å². The molecule has 0 saturated heterocycles. The van der Waals surface area contributed by atoms with Crippen LogP contribution in [0.5, 0.6) is 5.75 Å². The van der Waals surface area contributed by atoms with Gasteiger partial charge < -0.3 is 15.0 Å². The molecule has 0 radical (unpaired) electrons. The Kier molecular flexibility index (Phi) is 5.03. The van der Waals surface area contributed by atoms with Crippen LogP contribution in [0.25, 0.3) is 0 Å². The molecule has 0 fully saturated rings. The van der Waals surface area contributed by atoms with E-state index in [9.17, 15) is 9.59 Å². The van der Waals surface area contributed by atoms with Crippen LogP contribution in [0.15, 0.2) is 48.5 Å². The van der Waals surface area contributed by atoms with Crippen molar-refractivity contribution in [2.75, 3.05) is 19.0 Å². The highest BCUT2D eigenvalue weighted by Gasteiger charge is 2.32. The van der Waals surface area contributed by atoms with Crippen LogP contribution in [0.2, 0.25) is 0 Å². The lowest BCUT2D eigenvalue weighted by atomic mass is 9.89. The summed E-state index contributed by atoms with van der Waals surface area (Å²) >= 11 is 0. The van der Waals surface area contributed by atoms with Crippen LogP contribution < -0.4 is 10.1 Å². The second-order valence-electron chi connectivity index (χ2n) is 6.16. The van der Waals surface area contributed by atoms with E-state index in [2.05, 4.69) is 5.32 Å². The topological polar surface area (TPSA) is 58.6 Å². The zero-order valence-electron chi connectivity index (χ0n) is 14.5. The number of ether oxygens (including phenoxy) is 1. The summed E-state index contributed by atoms with van der Waals surface area (Å²) in [6.45, 7) is 3.06. The van der Waals surface area contributed by atoms with Gasteiger partial charge >= 0.3 is 0 Å². The lowest BCUT2D eigenvalue weighted by Crippen LogP contribution is -2.36. The number of nitrogens with one attached hydrogen (secondary N) is 1. The summed E-state index contributed by atoms with van der Waals surface area (Å²) in [5, 5.41) is 2.83. The molecule has 130 valence electrons. The van der Waals surface area contributed by atoms with Gasteiger partial charge in [-0.2, -0.15) is 0 Å². The molecule has 5 heteroatoms. The minimum atomic E-state index is -0.433. The lowest BCUT2D eigenvalue weighted by molar-refractivity contribution is -0.134. The molecule has 0 bridgehead atoms. The van der Waals surface area contributed by atoms with Crippen molar-refractivity contribution in [3.63, 3.8) is 0 Å². The number of nitrogens with zero attached hydrogens (tertiary/aromatic N) is 1. The molecule has 1 aliphatic rings. The number of likely N-dealkylation sites (N-methyl/N-ethyl adjacent to an activating group) is 1. The first-order valence-corrected chi connectivity index (χ1v) is 8.44. The highest BCUT2D eigenvalue weighted by atomic mass is 16.5. The van der Waals surface area contributed by atoms with Gasteiger partial charge in [0, 0.05) is 25.7 Å². The summed E-state index contributed by atoms with van der Waals surface area (Å²) < 4.78 is 5.43. The molecule has 3 rings (SSSR count). The minimum Gasteiger partial charge on any atom is -0.494 e. The third kappa shape index (κ3) is 3.82. The number of amides is 2. The molecule has 0 spiro atoms. The SMILES string of the molecule is CCOc1ccc(CN(C)C(=O)C2CC(=O)Nc3ccccc32)cc1. The molecule has 5 nitrogen and oxygen atoms in total. The van der Waals surface area contributed by atoms with Crippen LogP contribution in [-0.4, -0.2) is 30.4 Å². The van der Waals surface area contributed by atoms with Gasteiger partial charge in [0.15, 0.2) is 0 Å². The van der Waals surface area contributed by atoms with E-state index in [0.29, 0.717) is 13.2 Å². The Morgan fingerprint density at radius 1 is 1.20 bits per heavy atom. The van der Waals surface area contributed by atoms with Gasteiger partial charge in [0.05, 0.1) is 12.5 Å². The molecule has 25 heavy (non-hydrogen) atoms. The number of benzene rings is 2. The summed E-state index contributed by atoms with van der Waals surface area (Å²) in [6.07, 6.45) is 0.184. The molecule has 1 heterocycles. The molecular formula is C20H22N2O3. The lowest BCUT2D eigenvalue weighted by Gasteiger charge is -2.28. The van der Waals surface area contributed by atoms with Crippen LogP contribution in [-0.2, 0) is 16.1 Å². The van der Waals surface area contributed by atoms with Crippen LogP contribution in [0.3, 0.4) is 0 Å². The zero-order chi connectivity index (χ0) is 17.8. The first-order valence-electron chi connectivity index (χ1n) is 8.44. The average molecular weight is 338 g/mol. The standard InChI is InChI=1S/C20H22N2O3/c1-3-25-15-10-8-14(9-11-15)13-22(2)20(24)17-12-19(23)21-18-7-5-4-6-16(17)18/h4-11,17H,3,12-13H2,1-2H3,(H,21,23). The molecule has 1 aliphatic heterocycles. The number of carbonyl (C=O) groups is 2. The van der Waals surface area contributed by atoms with E-state index in [1.54, 1.807) is 11.9 Å². The smallest absolute Gasteiger partial charge is 0.230 e. The summed E-state index contributed by atoms with van der Waals surface area (Å²) in [4.78, 5) is 26.5. The fourth-order valence-electron chi connectivity index (χ4n) is 3.11. The maximum atomic E-state index is 12.9. The number of hydrogen-bond acceptors (Lipinski definition) is 3. The molecule has 0 aromatic heterocycles. The van der Waals surface area contributed by atoms with Crippen molar-refractivity contribution < 1.29 is 14.3 Å². The van der Waals surface area contributed by atoms with Gasteiger partial charge in [-0.25, -0.2) is 0 Å². The quantitative estimate of drug-likeness (QED) is 0.911. The van der Waals surface area contributed by atoms with E-state index in [0.717, 1.165) is 22.6 Å². The number of hydrogen-bond donors (Lipinski definition) is 1. The van der Waals surface area contributed by atoms with Gasteiger partial charge in [-0.1, -0.05) is 30.3 Å². The summed E-state index contributed by atoms with van der Waals surface area (Å²) in [6, 6.07) is 15.2. The van der Waals surface area contributed by atoms with Gasteiger partial charge in [0.25, 0.3) is 0 Å². The molecule has 0 aliphatic carbocycles. The van der Waals surface area contributed by atoms with Gasteiger partial charge in [-0.15, -0.1) is 0 Å².